The van der Waals surface area contributed by atoms with Gasteiger partial charge in [0.25, 0.3) is 5.88 Å². The molecule has 0 aromatic carbocycles. The van der Waals surface area contributed by atoms with Crippen LogP contribution >= 0.6 is 0 Å². The smallest absolute Gasteiger partial charge is 0.372 e. The van der Waals surface area contributed by atoms with Crippen LogP contribution in [0.2, 0.25) is 0 Å². The van der Waals surface area contributed by atoms with E-state index in [0.29, 0.717) is 6.54 Å². The predicted molar refractivity (Wildman–Crippen MR) is 75.2 cm³/mol. The van der Waals surface area contributed by atoms with Gasteiger partial charge in [-0.25, -0.2) is 4.98 Å². The number of rotatable bonds is 5. The highest BCUT2D eigenvalue weighted by Gasteiger charge is 2.24. The molecule has 9 heteroatoms. The van der Waals surface area contributed by atoms with Gasteiger partial charge in [0.2, 0.25) is 5.82 Å². The van der Waals surface area contributed by atoms with Gasteiger partial charge in [0.05, 0.1) is 17.7 Å². The number of aromatic nitrogens is 4. The van der Waals surface area contributed by atoms with Crippen molar-refractivity contribution in [1.82, 2.24) is 19.7 Å². The Morgan fingerprint density at radius 2 is 2.14 bits per heavy atom. The molecular formula is C12H16N6O3. The van der Waals surface area contributed by atoms with Crippen LogP contribution in [0, 0.1) is 24.0 Å². The van der Waals surface area contributed by atoms with Crippen LogP contribution in [0.5, 0.6) is 5.88 Å². The van der Waals surface area contributed by atoms with Crippen molar-refractivity contribution in [1.29, 1.82) is 0 Å². The van der Waals surface area contributed by atoms with Crippen LogP contribution in [0.4, 0.5) is 11.5 Å². The summed E-state index contributed by atoms with van der Waals surface area (Å²) < 4.78 is 6.67. The van der Waals surface area contributed by atoms with E-state index in [1.165, 1.54) is 13.4 Å². The van der Waals surface area contributed by atoms with Crippen molar-refractivity contribution < 1.29 is 9.66 Å². The van der Waals surface area contributed by atoms with Crippen molar-refractivity contribution >= 4 is 11.5 Å². The molecule has 0 spiro atoms. The number of nitrogens with one attached hydrogen (secondary N) is 1. The summed E-state index contributed by atoms with van der Waals surface area (Å²) in [4.78, 5) is 18.2. The maximum atomic E-state index is 11.1. The van der Waals surface area contributed by atoms with E-state index in [1.54, 1.807) is 4.68 Å². The number of methoxy groups -OCH3 is 1. The van der Waals surface area contributed by atoms with E-state index in [-0.39, 0.29) is 17.4 Å². The molecule has 0 atom stereocenters. The van der Waals surface area contributed by atoms with Crippen molar-refractivity contribution in [3.05, 3.63) is 33.4 Å². The van der Waals surface area contributed by atoms with Crippen LogP contribution in [0.25, 0.3) is 0 Å². The first-order valence-corrected chi connectivity index (χ1v) is 6.22. The minimum absolute atomic E-state index is 0.0721. The summed E-state index contributed by atoms with van der Waals surface area (Å²) in [5.41, 5.74) is 2.55. The van der Waals surface area contributed by atoms with Gasteiger partial charge in [-0.05, 0) is 13.8 Å². The number of hydrogen-bond donors (Lipinski definition) is 1. The van der Waals surface area contributed by atoms with Crippen molar-refractivity contribution in [2.75, 3.05) is 12.4 Å². The Morgan fingerprint density at radius 1 is 1.43 bits per heavy atom. The lowest BCUT2D eigenvalue weighted by Gasteiger charge is -2.08. The van der Waals surface area contributed by atoms with Crippen LogP contribution in [-0.2, 0) is 13.6 Å². The summed E-state index contributed by atoms with van der Waals surface area (Å²) >= 11 is 0. The average molecular weight is 292 g/mol. The third-order valence-electron chi connectivity index (χ3n) is 3.26. The van der Waals surface area contributed by atoms with Crippen LogP contribution in [0.15, 0.2) is 6.33 Å². The molecule has 112 valence electrons. The Bertz CT molecular complexity index is 682. The topological polar surface area (TPSA) is 108 Å². The molecule has 0 fully saturated rings. The van der Waals surface area contributed by atoms with Gasteiger partial charge in [0.1, 0.15) is 6.33 Å². The van der Waals surface area contributed by atoms with Gasteiger partial charge in [-0.2, -0.15) is 10.1 Å². The first kappa shape index (κ1) is 14.7. The lowest BCUT2D eigenvalue weighted by Crippen LogP contribution is -2.08. The maximum Gasteiger partial charge on any atom is 0.372 e. The van der Waals surface area contributed by atoms with Crippen LogP contribution in [0.3, 0.4) is 0 Å². The molecule has 0 saturated heterocycles. The van der Waals surface area contributed by atoms with Gasteiger partial charge in [-0.3, -0.25) is 14.8 Å². The van der Waals surface area contributed by atoms with Crippen LogP contribution in [0.1, 0.15) is 17.0 Å². The fraction of sp³-hybridized carbons (Fsp3) is 0.417. The van der Waals surface area contributed by atoms with Crippen LogP contribution in [-0.4, -0.2) is 31.8 Å². The summed E-state index contributed by atoms with van der Waals surface area (Å²) in [6.45, 7) is 4.21. The van der Waals surface area contributed by atoms with Crippen molar-refractivity contribution in [2.24, 2.45) is 7.05 Å². The molecule has 0 unspecified atom stereocenters. The number of nitrogens with zero attached hydrogens (tertiary/aromatic N) is 5. The number of nitro groups is 1. The van der Waals surface area contributed by atoms with Gasteiger partial charge < -0.3 is 10.1 Å². The van der Waals surface area contributed by atoms with E-state index >= 15 is 0 Å². The molecule has 0 saturated carbocycles. The fourth-order valence-corrected chi connectivity index (χ4v) is 2.05. The molecule has 0 bridgehead atoms. The quantitative estimate of drug-likeness (QED) is 0.654. The SMILES string of the molecule is COc1ncnc(NCc2c(C)nn(C)c2C)c1[N+](=O)[O-]. The maximum absolute atomic E-state index is 11.1. The van der Waals surface area contributed by atoms with E-state index in [4.69, 9.17) is 4.74 Å². The van der Waals surface area contributed by atoms with Gasteiger partial charge in [-0.1, -0.05) is 0 Å². The van der Waals surface area contributed by atoms with E-state index in [1.807, 2.05) is 20.9 Å². The zero-order valence-corrected chi connectivity index (χ0v) is 12.2. The standard InChI is InChI=1S/C12H16N6O3/c1-7-9(8(2)17(3)16-7)5-13-11-10(18(19)20)12(21-4)15-6-14-11/h6H,5H2,1-4H3,(H,13,14,15). The van der Waals surface area contributed by atoms with Crippen molar-refractivity contribution in [3.8, 4) is 5.88 Å². The van der Waals surface area contributed by atoms with E-state index < -0.39 is 4.92 Å². The third-order valence-corrected chi connectivity index (χ3v) is 3.26. The second-order valence-electron chi connectivity index (χ2n) is 4.46. The summed E-state index contributed by atoms with van der Waals surface area (Å²) in [7, 11) is 3.18. The Labute approximate surface area is 121 Å². The van der Waals surface area contributed by atoms with Crippen LogP contribution < -0.4 is 10.1 Å². The number of ether oxygens (including phenoxy) is 1. The first-order valence-electron chi connectivity index (χ1n) is 6.22. The zero-order valence-electron chi connectivity index (χ0n) is 12.2. The first-order chi connectivity index (χ1) is 9.95. The molecule has 2 rings (SSSR count). The summed E-state index contributed by atoms with van der Waals surface area (Å²) in [6.07, 6.45) is 1.22. The second kappa shape index (κ2) is 5.73. The number of anilines is 1. The molecule has 2 heterocycles. The zero-order chi connectivity index (χ0) is 15.6. The van der Waals surface area contributed by atoms with E-state index in [0.717, 1.165) is 17.0 Å². The largest absolute Gasteiger partial charge is 0.476 e. The second-order valence-corrected chi connectivity index (χ2v) is 4.46. The Balaban J connectivity index is 2.30. The number of aryl methyl sites for hydroxylation is 2. The molecule has 0 aliphatic heterocycles. The van der Waals surface area contributed by atoms with Crippen molar-refractivity contribution in [3.63, 3.8) is 0 Å². The highest BCUT2D eigenvalue weighted by atomic mass is 16.6. The Morgan fingerprint density at radius 3 is 2.67 bits per heavy atom. The van der Waals surface area contributed by atoms with Gasteiger partial charge in [-0.15, -0.1) is 0 Å². The third kappa shape index (κ3) is 2.76. The molecule has 0 radical (unpaired) electrons. The van der Waals surface area contributed by atoms with E-state index in [9.17, 15) is 10.1 Å². The normalized spacial score (nSPS) is 10.5. The molecule has 9 nitrogen and oxygen atoms in total. The summed E-state index contributed by atoms with van der Waals surface area (Å²) in [6, 6.07) is 0. The Hall–Kier alpha value is -2.71. The molecular weight excluding hydrogens is 276 g/mol. The molecule has 1 N–H and O–H groups in total. The molecule has 0 aliphatic rings. The monoisotopic (exact) mass is 292 g/mol. The predicted octanol–water partition coefficient (Wildman–Crippen LogP) is 1.36. The van der Waals surface area contributed by atoms with E-state index in [2.05, 4.69) is 20.4 Å². The lowest BCUT2D eigenvalue weighted by molar-refractivity contribution is -0.385. The highest BCUT2D eigenvalue weighted by molar-refractivity contribution is 5.61. The summed E-state index contributed by atoms with van der Waals surface area (Å²) in [5.74, 6) is 0.0478. The summed E-state index contributed by atoms with van der Waals surface area (Å²) in [5, 5.41) is 18.4. The lowest BCUT2D eigenvalue weighted by atomic mass is 10.2. The van der Waals surface area contributed by atoms with Crippen molar-refractivity contribution in [2.45, 2.75) is 20.4 Å². The molecule has 21 heavy (non-hydrogen) atoms. The van der Waals surface area contributed by atoms with Gasteiger partial charge in [0, 0.05) is 24.8 Å². The van der Waals surface area contributed by atoms with Gasteiger partial charge in [0.15, 0.2) is 0 Å². The molecule has 2 aromatic rings. The minimum atomic E-state index is -0.565. The molecule has 2 aromatic heterocycles. The Kier molecular flexibility index (Phi) is 4.01. The molecule has 0 amide bonds. The van der Waals surface area contributed by atoms with Gasteiger partial charge >= 0.3 is 5.69 Å². The number of hydrogen-bond acceptors (Lipinski definition) is 7. The minimum Gasteiger partial charge on any atom is -0.476 e. The molecule has 0 aliphatic carbocycles. The fourth-order valence-electron chi connectivity index (χ4n) is 2.05. The average Bonchev–Trinajstić information content (AvgIpc) is 2.69. The highest BCUT2D eigenvalue weighted by Crippen LogP contribution is 2.30.